The molecule has 0 aliphatic heterocycles. The molecule has 0 fully saturated rings. The van der Waals surface area contributed by atoms with Crippen LogP contribution in [0.3, 0.4) is 0 Å². The molecule has 3 rings (SSSR count). The maximum atomic E-state index is 12.4. The Morgan fingerprint density at radius 3 is 2.64 bits per heavy atom. The minimum atomic E-state index is -0.519. The Hall–Kier alpha value is -3.42. The Balaban J connectivity index is 1.72. The maximum absolute atomic E-state index is 12.4. The third kappa shape index (κ3) is 3.57. The first-order valence-corrected chi connectivity index (χ1v) is 7.57. The Bertz CT molecular complexity index is 922. The first-order valence-electron chi connectivity index (χ1n) is 7.57. The zero-order valence-corrected chi connectivity index (χ0v) is 13.7. The number of carbonyl (C=O) groups excluding carboxylic acids is 1. The van der Waals surface area contributed by atoms with E-state index >= 15 is 0 Å². The SMILES string of the molecule is Cc1cccc(C)c1NC(=O)c1ccc(Cn2cc([N+](=O)[O-])cn2)o1. The van der Waals surface area contributed by atoms with Gasteiger partial charge in [0.15, 0.2) is 5.76 Å². The van der Waals surface area contributed by atoms with Gasteiger partial charge in [0.1, 0.15) is 18.2 Å². The molecule has 0 saturated carbocycles. The summed E-state index contributed by atoms with van der Waals surface area (Å²) < 4.78 is 6.91. The molecule has 0 atom stereocenters. The number of furan rings is 1. The third-order valence-corrected chi connectivity index (χ3v) is 3.75. The van der Waals surface area contributed by atoms with Gasteiger partial charge in [-0.2, -0.15) is 5.10 Å². The fraction of sp³-hybridized carbons (Fsp3) is 0.176. The number of aryl methyl sites for hydroxylation is 2. The van der Waals surface area contributed by atoms with Crippen LogP contribution < -0.4 is 5.32 Å². The average Bonchev–Trinajstić information content (AvgIpc) is 3.21. The number of hydrogen-bond donors (Lipinski definition) is 1. The summed E-state index contributed by atoms with van der Waals surface area (Å²) >= 11 is 0. The van der Waals surface area contributed by atoms with E-state index < -0.39 is 4.92 Å². The summed E-state index contributed by atoms with van der Waals surface area (Å²) in [4.78, 5) is 22.5. The lowest BCUT2D eigenvalue weighted by Gasteiger charge is -2.10. The predicted octanol–water partition coefficient (Wildman–Crippen LogP) is 3.30. The van der Waals surface area contributed by atoms with E-state index in [-0.39, 0.29) is 23.9 Å². The van der Waals surface area contributed by atoms with E-state index in [1.165, 1.54) is 10.9 Å². The molecule has 8 heteroatoms. The normalized spacial score (nSPS) is 10.6. The number of anilines is 1. The lowest BCUT2D eigenvalue weighted by Crippen LogP contribution is -2.13. The number of carbonyl (C=O) groups is 1. The van der Waals surface area contributed by atoms with E-state index in [4.69, 9.17) is 4.42 Å². The number of nitrogens with zero attached hydrogens (tertiary/aromatic N) is 3. The zero-order chi connectivity index (χ0) is 18.0. The molecule has 0 saturated heterocycles. The van der Waals surface area contributed by atoms with Crippen molar-refractivity contribution in [2.45, 2.75) is 20.4 Å². The quantitative estimate of drug-likeness (QED) is 0.567. The smallest absolute Gasteiger partial charge is 0.307 e. The molecule has 1 amide bonds. The van der Waals surface area contributed by atoms with Crippen molar-refractivity contribution in [3.05, 3.63) is 75.5 Å². The minimum absolute atomic E-state index is 0.0976. The van der Waals surface area contributed by atoms with Crippen LogP contribution in [0.2, 0.25) is 0 Å². The van der Waals surface area contributed by atoms with Crippen molar-refractivity contribution in [2.75, 3.05) is 5.32 Å². The van der Waals surface area contributed by atoms with Crippen LogP contribution >= 0.6 is 0 Å². The van der Waals surface area contributed by atoms with Gasteiger partial charge in [-0.3, -0.25) is 19.6 Å². The van der Waals surface area contributed by atoms with Crippen LogP contribution in [0, 0.1) is 24.0 Å². The molecule has 0 bridgehead atoms. The lowest BCUT2D eigenvalue weighted by molar-refractivity contribution is -0.385. The second-order valence-electron chi connectivity index (χ2n) is 5.64. The van der Waals surface area contributed by atoms with Gasteiger partial charge in [0.2, 0.25) is 0 Å². The number of nitro groups is 1. The lowest BCUT2D eigenvalue weighted by atomic mass is 10.1. The molecule has 128 valence electrons. The summed E-state index contributed by atoms with van der Waals surface area (Å²) in [6.07, 6.45) is 2.47. The molecule has 0 spiro atoms. The molecule has 0 aliphatic carbocycles. The highest BCUT2D eigenvalue weighted by atomic mass is 16.6. The summed E-state index contributed by atoms with van der Waals surface area (Å²) in [5, 5.41) is 17.4. The Labute approximate surface area is 143 Å². The van der Waals surface area contributed by atoms with E-state index in [1.54, 1.807) is 12.1 Å². The van der Waals surface area contributed by atoms with Gasteiger partial charge in [0.25, 0.3) is 5.91 Å². The molecule has 25 heavy (non-hydrogen) atoms. The Kier molecular flexibility index (Phi) is 4.34. The molecule has 1 aromatic carbocycles. The molecule has 3 aromatic rings. The van der Waals surface area contributed by atoms with Gasteiger partial charge in [-0.25, -0.2) is 0 Å². The number of rotatable bonds is 5. The summed E-state index contributed by atoms with van der Waals surface area (Å²) in [7, 11) is 0. The van der Waals surface area contributed by atoms with Gasteiger partial charge in [0, 0.05) is 5.69 Å². The number of amides is 1. The predicted molar refractivity (Wildman–Crippen MR) is 90.6 cm³/mol. The van der Waals surface area contributed by atoms with Crippen LogP contribution in [0.4, 0.5) is 11.4 Å². The molecule has 0 unspecified atom stereocenters. The van der Waals surface area contributed by atoms with Crippen LogP contribution in [-0.2, 0) is 6.54 Å². The van der Waals surface area contributed by atoms with E-state index in [0.29, 0.717) is 5.76 Å². The molecule has 0 aliphatic rings. The number of para-hydroxylation sites is 1. The molecule has 2 heterocycles. The molecular formula is C17H16N4O4. The zero-order valence-electron chi connectivity index (χ0n) is 13.7. The van der Waals surface area contributed by atoms with Crippen LogP contribution in [0.1, 0.15) is 27.4 Å². The van der Waals surface area contributed by atoms with Crippen molar-refractivity contribution in [3.8, 4) is 0 Å². The van der Waals surface area contributed by atoms with Crippen molar-refractivity contribution in [2.24, 2.45) is 0 Å². The molecule has 0 radical (unpaired) electrons. The second kappa shape index (κ2) is 6.60. The van der Waals surface area contributed by atoms with Crippen molar-refractivity contribution in [3.63, 3.8) is 0 Å². The number of hydrogen-bond acceptors (Lipinski definition) is 5. The van der Waals surface area contributed by atoms with Gasteiger partial charge in [-0.1, -0.05) is 18.2 Å². The van der Waals surface area contributed by atoms with E-state index in [9.17, 15) is 14.9 Å². The highest BCUT2D eigenvalue weighted by Crippen LogP contribution is 2.21. The highest BCUT2D eigenvalue weighted by Gasteiger charge is 2.15. The van der Waals surface area contributed by atoms with Crippen molar-refractivity contribution < 1.29 is 14.1 Å². The van der Waals surface area contributed by atoms with E-state index in [0.717, 1.165) is 23.0 Å². The first-order chi connectivity index (χ1) is 11.9. The van der Waals surface area contributed by atoms with Gasteiger partial charge >= 0.3 is 5.69 Å². The van der Waals surface area contributed by atoms with Crippen molar-refractivity contribution in [1.82, 2.24) is 9.78 Å². The summed E-state index contributed by atoms with van der Waals surface area (Å²) in [5.41, 5.74) is 2.58. The summed E-state index contributed by atoms with van der Waals surface area (Å²) in [5.74, 6) is 0.291. The number of aromatic nitrogens is 2. The fourth-order valence-electron chi connectivity index (χ4n) is 2.46. The van der Waals surface area contributed by atoms with E-state index in [1.807, 2.05) is 32.0 Å². The number of benzene rings is 1. The molecular weight excluding hydrogens is 324 g/mol. The van der Waals surface area contributed by atoms with Gasteiger partial charge in [-0.05, 0) is 37.1 Å². The van der Waals surface area contributed by atoms with Crippen molar-refractivity contribution >= 4 is 17.3 Å². The Morgan fingerprint density at radius 2 is 2.00 bits per heavy atom. The fourth-order valence-corrected chi connectivity index (χ4v) is 2.46. The first kappa shape index (κ1) is 16.4. The molecule has 2 aromatic heterocycles. The van der Waals surface area contributed by atoms with E-state index in [2.05, 4.69) is 10.4 Å². The monoisotopic (exact) mass is 340 g/mol. The third-order valence-electron chi connectivity index (χ3n) is 3.75. The summed E-state index contributed by atoms with van der Waals surface area (Å²) in [6.45, 7) is 4.03. The minimum Gasteiger partial charge on any atom is -0.454 e. The summed E-state index contributed by atoms with van der Waals surface area (Å²) in [6, 6.07) is 8.97. The highest BCUT2D eigenvalue weighted by molar-refractivity contribution is 6.03. The van der Waals surface area contributed by atoms with Crippen LogP contribution in [-0.4, -0.2) is 20.6 Å². The van der Waals surface area contributed by atoms with Crippen LogP contribution in [0.5, 0.6) is 0 Å². The van der Waals surface area contributed by atoms with Crippen LogP contribution in [0.15, 0.2) is 47.1 Å². The molecule has 8 nitrogen and oxygen atoms in total. The van der Waals surface area contributed by atoms with Crippen molar-refractivity contribution in [1.29, 1.82) is 0 Å². The Morgan fingerprint density at radius 1 is 1.28 bits per heavy atom. The number of nitrogens with one attached hydrogen (secondary N) is 1. The maximum Gasteiger partial charge on any atom is 0.307 e. The molecule has 1 N–H and O–H groups in total. The topological polar surface area (TPSA) is 103 Å². The van der Waals surface area contributed by atoms with Gasteiger partial charge in [-0.15, -0.1) is 0 Å². The standard InChI is InChI=1S/C17H16N4O4/c1-11-4-3-5-12(2)16(11)19-17(22)15-7-6-14(25-15)10-20-9-13(8-18-20)21(23)24/h3-9H,10H2,1-2H3,(H,19,22). The second-order valence-corrected chi connectivity index (χ2v) is 5.64. The van der Waals surface area contributed by atoms with Gasteiger partial charge in [0.05, 0.1) is 11.5 Å². The van der Waals surface area contributed by atoms with Crippen LogP contribution in [0.25, 0.3) is 0 Å². The van der Waals surface area contributed by atoms with Gasteiger partial charge < -0.3 is 9.73 Å². The average molecular weight is 340 g/mol. The largest absolute Gasteiger partial charge is 0.454 e.